The Hall–Kier alpha value is -4.39. The summed E-state index contributed by atoms with van der Waals surface area (Å²) in [6, 6.07) is 21.6. The molecule has 36 heavy (non-hydrogen) atoms. The number of hydrogen-bond acceptors (Lipinski definition) is 5. The lowest BCUT2D eigenvalue weighted by atomic mass is 10.0. The number of fused-ring (bicyclic) bond motifs is 2. The van der Waals surface area contributed by atoms with Crippen molar-refractivity contribution in [2.24, 2.45) is 9.98 Å². The van der Waals surface area contributed by atoms with Crippen molar-refractivity contribution in [3.63, 3.8) is 0 Å². The number of H-pyrrole nitrogens is 1. The van der Waals surface area contributed by atoms with Crippen LogP contribution in [0.15, 0.2) is 83.0 Å². The van der Waals surface area contributed by atoms with Crippen LogP contribution in [-0.2, 0) is 0 Å². The molecule has 0 saturated heterocycles. The van der Waals surface area contributed by atoms with Crippen LogP contribution < -0.4 is 10.6 Å². The average Bonchev–Trinajstić information content (AvgIpc) is 3.58. The van der Waals surface area contributed by atoms with Crippen molar-refractivity contribution in [1.29, 1.82) is 0 Å². The van der Waals surface area contributed by atoms with Gasteiger partial charge in [0.1, 0.15) is 17.3 Å². The Morgan fingerprint density at radius 1 is 0.694 bits per heavy atom. The van der Waals surface area contributed by atoms with Gasteiger partial charge in [-0.3, -0.25) is 9.98 Å². The van der Waals surface area contributed by atoms with Crippen molar-refractivity contribution in [3.05, 3.63) is 84.3 Å². The second kappa shape index (κ2) is 8.68. The summed E-state index contributed by atoms with van der Waals surface area (Å²) in [5.41, 5.74) is 8.60. The number of amidine groups is 2. The van der Waals surface area contributed by atoms with E-state index in [0.29, 0.717) is 0 Å². The highest BCUT2D eigenvalue weighted by Gasteiger charge is 2.12. The van der Waals surface area contributed by atoms with E-state index in [0.717, 1.165) is 84.4 Å². The largest absolute Gasteiger partial charge is 0.370 e. The Kier molecular flexibility index (Phi) is 5.05. The lowest BCUT2D eigenvalue weighted by Gasteiger charge is -2.14. The lowest BCUT2D eigenvalue weighted by Crippen LogP contribution is -2.30. The number of aliphatic imine (C=N–C) groups is 2. The van der Waals surface area contributed by atoms with Gasteiger partial charge in [-0.1, -0.05) is 36.4 Å². The molecule has 178 valence electrons. The minimum atomic E-state index is 0.879. The summed E-state index contributed by atoms with van der Waals surface area (Å²) in [6.45, 7) is 3.71. The van der Waals surface area contributed by atoms with E-state index in [1.165, 1.54) is 16.5 Å². The van der Waals surface area contributed by atoms with Gasteiger partial charge in [0.05, 0.1) is 11.4 Å². The molecule has 0 saturated carbocycles. The fourth-order valence-electron chi connectivity index (χ4n) is 4.97. The number of aromatic nitrogens is 3. The Balaban J connectivity index is 1.16. The van der Waals surface area contributed by atoms with Gasteiger partial charge in [-0.2, -0.15) is 0 Å². The molecule has 0 atom stereocenters. The van der Waals surface area contributed by atoms with Crippen molar-refractivity contribution < 1.29 is 0 Å². The summed E-state index contributed by atoms with van der Waals surface area (Å²) in [5.74, 6) is 1.93. The summed E-state index contributed by atoms with van der Waals surface area (Å²) in [6.07, 6.45) is 6.32. The SMILES string of the molecule is c1cn2cc(-c3ccc(-c4ccc5cc(C6=NCCCN6)[nH]c5c4)cc3)nc2cc1C1=NCCCN1. The Bertz CT molecular complexity index is 1590. The number of imidazole rings is 1. The van der Waals surface area contributed by atoms with Gasteiger partial charge in [0.2, 0.25) is 0 Å². The maximum Gasteiger partial charge on any atom is 0.145 e. The molecule has 0 radical (unpaired) electrons. The van der Waals surface area contributed by atoms with Gasteiger partial charge in [-0.25, -0.2) is 4.98 Å². The van der Waals surface area contributed by atoms with Crippen molar-refractivity contribution >= 4 is 28.2 Å². The first kappa shape index (κ1) is 20.9. The molecule has 5 heterocycles. The van der Waals surface area contributed by atoms with Gasteiger partial charge in [-0.05, 0) is 48.2 Å². The third kappa shape index (κ3) is 3.82. The zero-order valence-corrected chi connectivity index (χ0v) is 20.0. The van der Waals surface area contributed by atoms with Crippen LogP contribution in [0.5, 0.6) is 0 Å². The second-order valence-electron chi connectivity index (χ2n) is 9.39. The number of pyridine rings is 1. The fourth-order valence-corrected chi connectivity index (χ4v) is 4.97. The summed E-state index contributed by atoms with van der Waals surface area (Å²) in [7, 11) is 0. The molecule has 0 bridgehead atoms. The van der Waals surface area contributed by atoms with Crippen LogP contribution in [0.1, 0.15) is 24.1 Å². The maximum atomic E-state index is 4.89. The number of aromatic amines is 1. The van der Waals surface area contributed by atoms with E-state index in [4.69, 9.17) is 4.98 Å². The number of rotatable bonds is 4. The zero-order chi connectivity index (χ0) is 23.9. The predicted octanol–water partition coefficient (Wildman–Crippen LogP) is 4.63. The van der Waals surface area contributed by atoms with Crippen molar-refractivity contribution in [3.8, 4) is 22.4 Å². The highest BCUT2D eigenvalue weighted by Crippen LogP contribution is 2.28. The molecule has 5 aromatic rings. The molecule has 0 fully saturated rings. The minimum absolute atomic E-state index is 0.879. The molecule has 7 heteroatoms. The van der Waals surface area contributed by atoms with E-state index in [9.17, 15) is 0 Å². The molecule has 7 nitrogen and oxygen atoms in total. The molecule has 2 aliphatic rings. The van der Waals surface area contributed by atoms with Crippen LogP contribution in [0.2, 0.25) is 0 Å². The fraction of sp³-hybridized carbons (Fsp3) is 0.207. The van der Waals surface area contributed by atoms with Crippen LogP contribution in [-0.4, -0.2) is 52.2 Å². The predicted molar refractivity (Wildman–Crippen MR) is 146 cm³/mol. The maximum absolute atomic E-state index is 4.89. The number of hydrogen-bond donors (Lipinski definition) is 3. The van der Waals surface area contributed by atoms with E-state index in [-0.39, 0.29) is 0 Å². The highest BCUT2D eigenvalue weighted by atomic mass is 15.0. The molecule has 3 N–H and O–H groups in total. The van der Waals surface area contributed by atoms with Gasteiger partial charge >= 0.3 is 0 Å². The summed E-state index contributed by atoms with van der Waals surface area (Å²) in [5, 5.41) is 7.98. The van der Waals surface area contributed by atoms with Gasteiger partial charge in [0, 0.05) is 60.6 Å². The van der Waals surface area contributed by atoms with Crippen LogP contribution in [0.4, 0.5) is 0 Å². The molecule has 0 spiro atoms. The van der Waals surface area contributed by atoms with Gasteiger partial charge in [0.15, 0.2) is 0 Å². The van der Waals surface area contributed by atoms with E-state index >= 15 is 0 Å². The van der Waals surface area contributed by atoms with Crippen LogP contribution in [0.3, 0.4) is 0 Å². The minimum Gasteiger partial charge on any atom is -0.370 e. The quantitative estimate of drug-likeness (QED) is 0.356. The van der Waals surface area contributed by atoms with E-state index < -0.39 is 0 Å². The number of nitrogens with zero attached hydrogens (tertiary/aromatic N) is 4. The molecule has 2 aliphatic heterocycles. The van der Waals surface area contributed by atoms with Crippen molar-refractivity contribution in [2.75, 3.05) is 26.2 Å². The van der Waals surface area contributed by atoms with Crippen LogP contribution in [0, 0.1) is 0 Å². The highest BCUT2D eigenvalue weighted by molar-refractivity contribution is 6.02. The van der Waals surface area contributed by atoms with Crippen molar-refractivity contribution in [2.45, 2.75) is 12.8 Å². The molecular weight excluding hydrogens is 446 g/mol. The Morgan fingerprint density at radius 2 is 1.44 bits per heavy atom. The Labute approximate surface area is 209 Å². The molecule has 2 aromatic carbocycles. The summed E-state index contributed by atoms with van der Waals surface area (Å²) >= 11 is 0. The monoisotopic (exact) mass is 473 g/mol. The summed E-state index contributed by atoms with van der Waals surface area (Å²) < 4.78 is 2.07. The molecular formula is C29H27N7. The van der Waals surface area contributed by atoms with Gasteiger partial charge < -0.3 is 20.0 Å². The average molecular weight is 474 g/mol. The molecule has 7 rings (SSSR count). The standard InChI is InChI=1S/C29H27N7/c1-10-30-28(31-11-1)23-9-14-36-18-26(35-27(36)17-23)20-5-3-19(4-6-20)21-7-8-22-16-25(34-24(22)15-21)29-32-12-2-13-33-29/h3-9,14-18,34H,1-2,10-13H2,(H,30,31)(H,32,33). The number of benzene rings is 2. The Morgan fingerprint density at radius 3 is 2.22 bits per heavy atom. The van der Waals surface area contributed by atoms with Gasteiger partial charge in [0.25, 0.3) is 0 Å². The second-order valence-corrected chi connectivity index (χ2v) is 9.39. The van der Waals surface area contributed by atoms with Crippen molar-refractivity contribution in [1.82, 2.24) is 25.0 Å². The zero-order valence-electron chi connectivity index (χ0n) is 20.0. The summed E-state index contributed by atoms with van der Waals surface area (Å²) in [4.78, 5) is 17.7. The lowest BCUT2D eigenvalue weighted by molar-refractivity contribution is 0.741. The molecule has 0 unspecified atom stereocenters. The van der Waals surface area contributed by atoms with E-state index in [1.807, 2.05) is 0 Å². The first-order valence-electron chi connectivity index (χ1n) is 12.6. The molecule has 3 aromatic heterocycles. The smallest absolute Gasteiger partial charge is 0.145 e. The molecule has 0 amide bonds. The van der Waals surface area contributed by atoms with E-state index in [2.05, 4.69) is 103 Å². The first-order valence-corrected chi connectivity index (χ1v) is 12.6. The van der Waals surface area contributed by atoms with Crippen LogP contribution in [0.25, 0.3) is 38.9 Å². The third-order valence-corrected chi connectivity index (χ3v) is 6.92. The van der Waals surface area contributed by atoms with E-state index in [1.54, 1.807) is 0 Å². The van der Waals surface area contributed by atoms with Crippen LogP contribution >= 0.6 is 0 Å². The molecule has 0 aliphatic carbocycles. The normalized spacial score (nSPS) is 15.9. The third-order valence-electron chi connectivity index (χ3n) is 6.92. The topological polar surface area (TPSA) is 81.9 Å². The number of nitrogens with one attached hydrogen (secondary N) is 3. The van der Waals surface area contributed by atoms with Gasteiger partial charge in [-0.15, -0.1) is 0 Å². The first-order chi connectivity index (χ1) is 17.8.